The van der Waals surface area contributed by atoms with Gasteiger partial charge < -0.3 is 10.5 Å². The Morgan fingerprint density at radius 2 is 2.11 bits per heavy atom. The fraction of sp³-hybridized carbons (Fsp3) is 0. The first-order valence-electron chi connectivity index (χ1n) is 4.95. The van der Waals surface area contributed by atoms with Crippen LogP contribution in [0.2, 0.25) is 5.02 Å². The Morgan fingerprint density at radius 3 is 2.78 bits per heavy atom. The Labute approximate surface area is 117 Å². The average Bonchev–Trinajstić information content (AvgIpc) is 2.33. The fourth-order valence-corrected chi connectivity index (χ4v) is 2.01. The molecule has 0 aliphatic carbocycles. The van der Waals surface area contributed by atoms with Crippen molar-refractivity contribution in [1.82, 2.24) is 4.98 Å². The van der Waals surface area contributed by atoms with Crippen molar-refractivity contribution >= 4 is 33.4 Å². The highest BCUT2D eigenvalue weighted by molar-refractivity contribution is 9.10. The third kappa shape index (κ3) is 2.80. The summed E-state index contributed by atoms with van der Waals surface area (Å²) in [5.41, 5.74) is 5.53. The van der Waals surface area contributed by atoms with Crippen LogP contribution >= 0.6 is 27.5 Å². The lowest BCUT2D eigenvalue weighted by atomic mass is 10.2. The van der Waals surface area contributed by atoms with E-state index in [1.54, 1.807) is 36.5 Å². The van der Waals surface area contributed by atoms with E-state index in [0.29, 0.717) is 10.8 Å². The van der Waals surface area contributed by atoms with Crippen LogP contribution < -0.4 is 10.5 Å². The number of carbonyl (C=O) groups is 1. The van der Waals surface area contributed by atoms with Crippen LogP contribution in [0.15, 0.2) is 41.0 Å². The molecule has 1 heterocycles. The molecule has 1 aromatic carbocycles. The number of ether oxygens (including phenoxy) is 1. The van der Waals surface area contributed by atoms with E-state index in [1.165, 1.54) is 0 Å². The van der Waals surface area contributed by atoms with Gasteiger partial charge in [0.05, 0.1) is 5.56 Å². The molecule has 0 bridgehead atoms. The van der Waals surface area contributed by atoms with Crippen molar-refractivity contribution in [2.45, 2.75) is 0 Å². The minimum absolute atomic E-state index is 0.216. The lowest BCUT2D eigenvalue weighted by Gasteiger charge is -2.09. The highest BCUT2D eigenvalue weighted by Gasteiger charge is 2.12. The number of halogens is 2. The van der Waals surface area contributed by atoms with Crippen LogP contribution in [-0.2, 0) is 0 Å². The molecule has 1 amide bonds. The lowest BCUT2D eigenvalue weighted by Crippen LogP contribution is -2.12. The minimum Gasteiger partial charge on any atom is -0.437 e. The molecule has 0 unspecified atom stereocenters. The molecule has 92 valence electrons. The molecule has 4 nitrogen and oxygen atoms in total. The van der Waals surface area contributed by atoms with Crippen molar-refractivity contribution in [2.75, 3.05) is 0 Å². The molecule has 0 aliphatic heterocycles. The number of hydrogen-bond acceptors (Lipinski definition) is 3. The van der Waals surface area contributed by atoms with Gasteiger partial charge in [-0.05, 0) is 34.1 Å². The summed E-state index contributed by atoms with van der Waals surface area (Å²) in [6, 6.07) is 8.28. The van der Waals surface area contributed by atoms with Gasteiger partial charge in [0.1, 0.15) is 10.8 Å². The van der Waals surface area contributed by atoms with Gasteiger partial charge in [-0.3, -0.25) is 4.79 Å². The van der Waals surface area contributed by atoms with Gasteiger partial charge in [-0.15, -0.1) is 0 Å². The van der Waals surface area contributed by atoms with Crippen molar-refractivity contribution in [3.8, 4) is 11.6 Å². The topological polar surface area (TPSA) is 65.2 Å². The summed E-state index contributed by atoms with van der Waals surface area (Å²) in [6.45, 7) is 0. The van der Waals surface area contributed by atoms with E-state index in [0.717, 1.165) is 4.47 Å². The van der Waals surface area contributed by atoms with E-state index in [-0.39, 0.29) is 11.4 Å². The zero-order valence-electron chi connectivity index (χ0n) is 9.06. The van der Waals surface area contributed by atoms with Gasteiger partial charge in [0.25, 0.3) is 5.91 Å². The standard InChI is InChI=1S/C12H8BrClN2O2/c13-7-5-9(14)12(16-6-7)18-10-4-2-1-3-8(10)11(15)17/h1-6H,(H2,15,17). The summed E-state index contributed by atoms with van der Waals surface area (Å²) in [4.78, 5) is 15.3. The monoisotopic (exact) mass is 326 g/mol. The zero-order valence-corrected chi connectivity index (χ0v) is 11.4. The van der Waals surface area contributed by atoms with Gasteiger partial charge in [-0.2, -0.15) is 0 Å². The van der Waals surface area contributed by atoms with E-state index in [2.05, 4.69) is 20.9 Å². The summed E-state index contributed by atoms with van der Waals surface area (Å²) in [6.07, 6.45) is 1.55. The summed E-state index contributed by atoms with van der Waals surface area (Å²) in [5, 5.41) is 0.337. The van der Waals surface area contributed by atoms with Gasteiger partial charge in [0, 0.05) is 10.7 Å². The van der Waals surface area contributed by atoms with Crippen molar-refractivity contribution in [1.29, 1.82) is 0 Å². The molecule has 0 atom stereocenters. The predicted octanol–water partition coefficient (Wildman–Crippen LogP) is 3.39. The molecule has 0 spiro atoms. The van der Waals surface area contributed by atoms with Crippen molar-refractivity contribution in [3.05, 3.63) is 51.6 Å². The van der Waals surface area contributed by atoms with Crippen molar-refractivity contribution < 1.29 is 9.53 Å². The molecule has 2 aromatic rings. The maximum Gasteiger partial charge on any atom is 0.252 e. The Morgan fingerprint density at radius 1 is 1.39 bits per heavy atom. The van der Waals surface area contributed by atoms with Crippen LogP contribution in [0.4, 0.5) is 0 Å². The summed E-state index contributed by atoms with van der Waals surface area (Å²) < 4.78 is 6.23. The molecule has 0 aliphatic rings. The van der Waals surface area contributed by atoms with E-state index >= 15 is 0 Å². The molecule has 18 heavy (non-hydrogen) atoms. The molecule has 6 heteroatoms. The smallest absolute Gasteiger partial charge is 0.252 e. The quantitative estimate of drug-likeness (QED) is 0.939. The number of aromatic nitrogens is 1. The van der Waals surface area contributed by atoms with Gasteiger partial charge in [0.15, 0.2) is 0 Å². The van der Waals surface area contributed by atoms with Crippen molar-refractivity contribution in [2.24, 2.45) is 5.73 Å². The number of hydrogen-bond donors (Lipinski definition) is 1. The molecule has 2 rings (SSSR count). The van der Waals surface area contributed by atoms with Gasteiger partial charge >= 0.3 is 0 Å². The number of para-hydroxylation sites is 1. The zero-order chi connectivity index (χ0) is 13.1. The van der Waals surface area contributed by atoms with Crippen LogP contribution in [0.1, 0.15) is 10.4 Å². The largest absolute Gasteiger partial charge is 0.437 e. The number of rotatable bonds is 3. The number of primary amides is 1. The van der Waals surface area contributed by atoms with E-state index in [9.17, 15) is 4.79 Å². The lowest BCUT2D eigenvalue weighted by molar-refractivity contribution is 0.0998. The summed E-state index contributed by atoms with van der Waals surface area (Å²) >= 11 is 9.22. The maximum atomic E-state index is 11.2. The second kappa shape index (κ2) is 5.37. The van der Waals surface area contributed by atoms with Gasteiger partial charge in [-0.1, -0.05) is 23.7 Å². The van der Waals surface area contributed by atoms with Crippen LogP contribution in [0, 0.1) is 0 Å². The molecule has 0 saturated carbocycles. The molecule has 0 fully saturated rings. The molecule has 0 radical (unpaired) electrons. The predicted molar refractivity (Wildman–Crippen MR) is 72.0 cm³/mol. The van der Waals surface area contributed by atoms with E-state index < -0.39 is 5.91 Å². The second-order valence-electron chi connectivity index (χ2n) is 3.40. The third-order valence-electron chi connectivity index (χ3n) is 2.13. The van der Waals surface area contributed by atoms with E-state index in [1.807, 2.05) is 0 Å². The molecule has 0 saturated heterocycles. The number of pyridine rings is 1. The van der Waals surface area contributed by atoms with Crippen LogP contribution in [-0.4, -0.2) is 10.9 Å². The van der Waals surface area contributed by atoms with Crippen molar-refractivity contribution in [3.63, 3.8) is 0 Å². The first-order valence-corrected chi connectivity index (χ1v) is 6.13. The van der Waals surface area contributed by atoms with Gasteiger partial charge in [-0.25, -0.2) is 4.98 Å². The fourth-order valence-electron chi connectivity index (χ4n) is 1.34. The summed E-state index contributed by atoms with van der Waals surface area (Å²) in [5.74, 6) is -0.0332. The first-order chi connectivity index (χ1) is 8.58. The molecular weight excluding hydrogens is 320 g/mol. The normalized spacial score (nSPS) is 10.1. The number of carbonyl (C=O) groups excluding carboxylic acids is 1. The number of amides is 1. The Hall–Kier alpha value is -1.59. The number of nitrogens with two attached hydrogens (primary N) is 1. The highest BCUT2D eigenvalue weighted by Crippen LogP contribution is 2.30. The highest BCUT2D eigenvalue weighted by atomic mass is 79.9. The molecule has 1 aromatic heterocycles. The second-order valence-corrected chi connectivity index (χ2v) is 4.73. The minimum atomic E-state index is -0.571. The Kier molecular flexibility index (Phi) is 3.84. The van der Waals surface area contributed by atoms with E-state index in [4.69, 9.17) is 22.1 Å². The number of benzene rings is 1. The van der Waals surface area contributed by atoms with Crippen LogP contribution in [0.5, 0.6) is 11.6 Å². The first kappa shape index (κ1) is 12.9. The Bertz CT molecular complexity index is 604. The third-order valence-corrected chi connectivity index (χ3v) is 2.84. The van der Waals surface area contributed by atoms with Crippen LogP contribution in [0.3, 0.4) is 0 Å². The Balaban J connectivity index is 2.37. The molecular formula is C12H8BrClN2O2. The maximum absolute atomic E-state index is 11.2. The van der Waals surface area contributed by atoms with Crippen LogP contribution in [0.25, 0.3) is 0 Å². The average molecular weight is 328 g/mol. The molecule has 2 N–H and O–H groups in total. The van der Waals surface area contributed by atoms with Gasteiger partial charge in [0.2, 0.25) is 5.88 Å². The SMILES string of the molecule is NC(=O)c1ccccc1Oc1ncc(Br)cc1Cl. The summed E-state index contributed by atoms with van der Waals surface area (Å²) in [7, 11) is 0. The number of nitrogens with zero attached hydrogens (tertiary/aromatic N) is 1.